The molecule has 0 saturated heterocycles. The van der Waals surface area contributed by atoms with Gasteiger partial charge in [0.05, 0.1) is 10.4 Å². The molecule has 4 nitrogen and oxygen atoms in total. The van der Waals surface area contributed by atoms with Gasteiger partial charge in [-0.1, -0.05) is 12.8 Å². The van der Waals surface area contributed by atoms with Gasteiger partial charge < -0.3 is 0 Å². The lowest BCUT2D eigenvalue weighted by molar-refractivity contribution is 0.402. The Balaban J connectivity index is 1.95. The first-order chi connectivity index (χ1) is 10.4. The molecule has 1 fully saturated rings. The van der Waals surface area contributed by atoms with E-state index in [1.165, 1.54) is 23.5 Å². The molecule has 1 N–H and O–H groups in total. The molecule has 1 heterocycles. The zero-order valence-electron chi connectivity index (χ0n) is 12.2. The van der Waals surface area contributed by atoms with Gasteiger partial charge in [-0.25, -0.2) is 17.8 Å². The molecular weight excluding hydrogens is 323 g/mol. The first-order valence-electron chi connectivity index (χ1n) is 7.13. The normalized spacial score (nSPS) is 17.7. The molecule has 0 amide bonds. The summed E-state index contributed by atoms with van der Waals surface area (Å²) >= 11 is 1.49. The van der Waals surface area contributed by atoms with E-state index >= 15 is 0 Å². The molecular formula is C15H17FN2O2S2. The quantitative estimate of drug-likeness (QED) is 0.929. The van der Waals surface area contributed by atoms with E-state index in [0.29, 0.717) is 0 Å². The fraction of sp³-hybridized carbons (Fsp3) is 0.400. The predicted molar refractivity (Wildman–Crippen MR) is 83.7 cm³/mol. The lowest BCUT2D eigenvalue weighted by Crippen LogP contribution is -2.43. The van der Waals surface area contributed by atoms with E-state index in [1.54, 1.807) is 0 Å². The summed E-state index contributed by atoms with van der Waals surface area (Å²) in [4.78, 5) is 4.57. The monoisotopic (exact) mass is 340 g/mol. The van der Waals surface area contributed by atoms with Crippen molar-refractivity contribution in [3.8, 4) is 0 Å². The van der Waals surface area contributed by atoms with Gasteiger partial charge >= 0.3 is 0 Å². The van der Waals surface area contributed by atoms with Crippen LogP contribution in [-0.2, 0) is 15.6 Å². The highest BCUT2D eigenvalue weighted by atomic mass is 32.2. The fourth-order valence-corrected chi connectivity index (χ4v) is 5.35. The van der Waals surface area contributed by atoms with Crippen molar-refractivity contribution < 1.29 is 12.8 Å². The summed E-state index contributed by atoms with van der Waals surface area (Å²) in [7, 11) is -3.71. The van der Waals surface area contributed by atoms with E-state index in [9.17, 15) is 12.8 Å². The lowest BCUT2D eigenvalue weighted by Gasteiger charge is -2.27. The first kappa shape index (κ1) is 15.6. The molecule has 0 aliphatic heterocycles. The third-order valence-electron chi connectivity index (χ3n) is 3.94. The van der Waals surface area contributed by atoms with Crippen LogP contribution in [0, 0.1) is 12.7 Å². The van der Waals surface area contributed by atoms with Crippen LogP contribution >= 0.6 is 11.3 Å². The van der Waals surface area contributed by atoms with Crippen LogP contribution in [0.4, 0.5) is 4.39 Å². The smallest absolute Gasteiger partial charge is 0.241 e. The van der Waals surface area contributed by atoms with Gasteiger partial charge in [0.15, 0.2) is 0 Å². The first-order valence-corrected chi connectivity index (χ1v) is 9.50. The Bertz CT molecular complexity index is 763. The van der Waals surface area contributed by atoms with E-state index in [4.69, 9.17) is 0 Å². The van der Waals surface area contributed by atoms with Crippen LogP contribution in [0.1, 0.15) is 36.4 Å². The Labute approximate surface area is 133 Å². The summed E-state index contributed by atoms with van der Waals surface area (Å²) in [6.07, 6.45) is 3.40. The van der Waals surface area contributed by atoms with E-state index in [0.717, 1.165) is 48.5 Å². The molecule has 0 bridgehead atoms. The number of rotatable bonds is 4. The number of sulfonamides is 1. The second-order valence-corrected chi connectivity index (χ2v) is 8.18. The van der Waals surface area contributed by atoms with Gasteiger partial charge in [-0.2, -0.15) is 4.72 Å². The third kappa shape index (κ3) is 2.93. The maximum absolute atomic E-state index is 13.0. The Kier molecular flexibility index (Phi) is 4.05. The van der Waals surface area contributed by atoms with Crippen LogP contribution in [0.5, 0.6) is 0 Å². The molecule has 22 heavy (non-hydrogen) atoms. The van der Waals surface area contributed by atoms with E-state index in [2.05, 4.69) is 9.71 Å². The molecule has 0 radical (unpaired) electrons. The number of nitrogens with zero attached hydrogens (tertiary/aromatic N) is 1. The minimum atomic E-state index is -3.71. The number of nitrogens with one attached hydrogen (secondary N) is 1. The molecule has 1 aliphatic rings. The molecule has 3 rings (SSSR count). The van der Waals surface area contributed by atoms with Crippen LogP contribution in [-0.4, -0.2) is 13.4 Å². The summed E-state index contributed by atoms with van der Waals surface area (Å²) in [5, 5.41) is 2.75. The minimum absolute atomic E-state index is 0.0773. The summed E-state index contributed by atoms with van der Waals surface area (Å²) in [5.41, 5.74) is 0.263. The number of thiazole rings is 1. The topological polar surface area (TPSA) is 59.1 Å². The summed E-state index contributed by atoms with van der Waals surface area (Å²) in [6, 6.07) is 4.88. The number of hydrogen-bond acceptors (Lipinski definition) is 4. The molecule has 7 heteroatoms. The number of aryl methyl sites for hydroxylation is 1. The third-order valence-corrected chi connectivity index (χ3v) is 6.66. The highest BCUT2D eigenvalue weighted by molar-refractivity contribution is 7.89. The molecule has 1 aliphatic carbocycles. The van der Waals surface area contributed by atoms with Gasteiger partial charge in [0.2, 0.25) is 10.0 Å². The molecule has 118 valence electrons. The van der Waals surface area contributed by atoms with E-state index in [1.807, 2.05) is 12.3 Å². The van der Waals surface area contributed by atoms with Gasteiger partial charge in [0.25, 0.3) is 0 Å². The molecule has 2 aromatic rings. The average Bonchev–Trinajstić information content (AvgIpc) is 3.09. The second-order valence-electron chi connectivity index (χ2n) is 5.64. The Hall–Kier alpha value is -1.31. The van der Waals surface area contributed by atoms with Gasteiger partial charge in [0.1, 0.15) is 10.8 Å². The highest BCUT2D eigenvalue weighted by Crippen LogP contribution is 2.41. The molecule has 0 atom stereocenters. The van der Waals surface area contributed by atoms with Crippen molar-refractivity contribution in [2.24, 2.45) is 0 Å². The van der Waals surface area contributed by atoms with Crippen LogP contribution in [0.2, 0.25) is 0 Å². The van der Waals surface area contributed by atoms with Crippen molar-refractivity contribution in [3.05, 3.63) is 46.2 Å². The van der Waals surface area contributed by atoms with Gasteiger partial charge in [0, 0.05) is 11.1 Å². The number of benzene rings is 1. The molecule has 1 aromatic heterocycles. The molecule has 0 unspecified atom stereocenters. The zero-order valence-corrected chi connectivity index (χ0v) is 13.8. The van der Waals surface area contributed by atoms with Crippen molar-refractivity contribution in [2.45, 2.75) is 43.0 Å². The van der Waals surface area contributed by atoms with Crippen molar-refractivity contribution in [2.75, 3.05) is 0 Å². The van der Waals surface area contributed by atoms with Crippen molar-refractivity contribution in [1.29, 1.82) is 0 Å². The number of aromatic nitrogens is 1. The summed E-state index contributed by atoms with van der Waals surface area (Å²) in [5.74, 6) is -0.454. The zero-order chi connectivity index (χ0) is 15.8. The number of hydrogen-bond donors (Lipinski definition) is 1. The molecule has 1 saturated carbocycles. The number of halogens is 1. The standard InChI is InChI=1S/C15H17FN2O2S2/c1-11-10-21-14(17-11)15(8-2-3-9-15)18-22(19,20)13-6-4-12(16)5-7-13/h4-7,10,18H,2-3,8-9H2,1H3. The largest absolute Gasteiger partial charge is 0.245 e. The van der Waals surface area contributed by atoms with Gasteiger partial charge in [-0.3, -0.25) is 0 Å². The second kappa shape index (κ2) is 5.72. The maximum atomic E-state index is 13.0. The SMILES string of the molecule is Cc1csc(C2(NS(=O)(=O)c3ccc(F)cc3)CCCC2)n1. The van der Waals surface area contributed by atoms with Crippen LogP contribution in [0.25, 0.3) is 0 Å². The Morgan fingerprint density at radius 1 is 1.23 bits per heavy atom. The summed E-state index contributed by atoms with van der Waals surface area (Å²) in [6.45, 7) is 1.90. The average molecular weight is 340 g/mol. The Morgan fingerprint density at radius 2 is 1.86 bits per heavy atom. The van der Waals surface area contributed by atoms with E-state index < -0.39 is 21.4 Å². The Morgan fingerprint density at radius 3 is 2.41 bits per heavy atom. The van der Waals surface area contributed by atoms with Crippen molar-refractivity contribution in [1.82, 2.24) is 9.71 Å². The highest BCUT2D eigenvalue weighted by Gasteiger charge is 2.41. The van der Waals surface area contributed by atoms with Gasteiger partial charge in [-0.15, -0.1) is 11.3 Å². The summed E-state index contributed by atoms with van der Waals surface area (Å²) < 4.78 is 41.1. The molecule has 1 aromatic carbocycles. The van der Waals surface area contributed by atoms with Gasteiger partial charge in [-0.05, 0) is 44.0 Å². The van der Waals surface area contributed by atoms with Crippen molar-refractivity contribution >= 4 is 21.4 Å². The lowest BCUT2D eigenvalue weighted by atomic mass is 10.0. The predicted octanol–water partition coefficient (Wildman–Crippen LogP) is 3.34. The van der Waals surface area contributed by atoms with Crippen LogP contribution < -0.4 is 4.72 Å². The minimum Gasteiger partial charge on any atom is -0.245 e. The fourth-order valence-electron chi connectivity index (χ4n) is 2.84. The van der Waals surface area contributed by atoms with Crippen LogP contribution in [0.15, 0.2) is 34.5 Å². The van der Waals surface area contributed by atoms with E-state index in [-0.39, 0.29) is 4.90 Å². The molecule has 0 spiro atoms. The van der Waals surface area contributed by atoms with Crippen LogP contribution in [0.3, 0.4) is 0 Å². The maximum Gasteiger partial charge on any atom is 0.241 e. The van der Waals surface area contributed by atoms with Crippen molar-refractivity contribution in [3.63, 3.8) is 0 Å².